The highest BCUT2D eigenvalue weighted by Crippen LogP contribution is 2.27. The van der Waals surface area contributed by atoms with Crippen molar-refractivity contribution in [1.82, 2.24) is 9.97 Å². The molecular weight excluding hydrogens is 265 g/mol. The summed E-state index contributed by atoms with van der Waals surface area (Å²) in [6.45, 7) is 0. The van der Waals surface area contributed by atoms with Gasteiger partial charge in [-0.25, -0.2) is 14.4 Å². The molecular formula is C14H13ClFN3. The summed E-state index contributed by atoms with van der Waals surface area (Å²) in [6.07, 6.45) is 4.12. The van der Waals surface area contributed by atoms with Crippen LogP contribution >= 0.6 is 11.6 Å². The van der Waals surface area contributed by atoms with Gasteiger partial charge in [-0.15, -0.1) is 0 Å². The molecule has 0 unspecified atom stereocenters. The molecule has 19 heavy (non-hydrogen) atoms. The van der Waals surface area contributed by atoms with E-state index in [1.807, 2.05) is 0 Å². The first-order valence-corrected chi connectivity index (χ1v) is 6.68. The van der Waals surface area contributed by atoms with E-state index in [4.69, 9.17) is 11.6 Å². The maximum absolute atomic E-state index is 13.1. The molecule has 0 aliphatic heterocycles. The molecule has 0 radical (unpaired) electrons. The number of aryl methyl sites for hydroxylation is 1. The second kappa shape index (κ2) is 5.13. The van der Waals surface area contributed by atoms with Crippen LogP contribution in [0.1, 0.15) is 24.1 Å². The van der Waals surface area contributed by atoms with Crippen LogP contribution < -0.4 is 5.32 Å². The quantitative estimate of drug-likeness (QED) is 0.846. The Kier molecular flexibility index (Phi) is 3.34. The summed E-state index contributed by atoms with van der Waals surface area (Å²) in [7, 11) is 0. The number of nitrogens with zero attached hydrogens (tertiary/aromatic N) is 2. The SMILES string of the molecule is Fc1cccc(Nc2nc(Cl)c3c(n2)CCCC3)c1. The van der Waals surface area contributed by atoms with E-state index >= 15 is 0 Å². The van der Waals surface area contributed by atoms with Crippen LogP contribution in [0.2, 0.25) is 5.15 Å². The van der Waals surface area contributed by atoms with Gasteiger partial charge in [-0.1, -0.05) is 17.7 Å². The molecule has 98 valence electrons. The minimum Gasteiger partial charge on any atom is -0.324 e. The lowest BCUT2D eigenvalue weighted by atomic mass is 9.97. The lowest BCUT2D eigenvalue weighted by Crippen LogP contribution is -2.10. The van der Waals surface area contributed by atoms with E-state index in [0.29, 0.717) is 16.8 Å². The van der Waals surface area contributed by atoms with Crippen molar-refractivity contribution in [3.05, 3.63) is 46.5 Å². The fourth-order valence-corrected chi connectivity index (χ4v) is 2.58. The van der Waals surface area contributed by atoms with E-state index in [1.54, 1.807) is 12.1 Å². The Bertz CT molecular complexity index is 616. The van der Waals surface area contributed by atoms with E-state index in [0.717, 1.165) is 36.9 Å². The fourth-order valence-electron chi connectivity index (χ4n) is 2.30. The maximum Gasteiger partial charge on any atom is 0.228 e. The van der Waals surface area contributed by atoms with E-state index in [-0.39, 0.29) is 5.82 Å². The number of nitrogens with one attached hydrogen (secondary N) is 1. The van der Waals surface area contributed by atoms with Crippen molar-refractivity contribution in [2.75, 3.05) is 5.32 Å². The Morgan fingerprint density at radius 1 is 1.16 bits per heavy atom. The normalized spacial score (nSPS) is 14.0. The van der Waals surface area contributed by atoms with Gasteiger partial charge in [0.05, 0.1) is 5.69 Å². The molecule has 5 heteroatoms. The molecule has 1 N–H and O–H groups in total. The van der Waals surface area contributed by atoms with Gasteiger partial charge in [0.1, 0.15) is 11.0 Å². The van der Waals surface area contributed by atoms with E-state index in [2.05, 4.69) is 15.3 Å². The Labute approximate surface area is 115 Å². The first kappa shape index (κ1) is 12.4. The molecule has 2 aromatic rings. The molecule has 1 aromatic carbocycles. The van der Waals surface area contributed by atoms with Crippen molar-refractivity contribution in [2.24, 2.45) is 0 Å². The molecule has 3 nitrogen and oxygen atoms in total. The molecule has 0 atom stereocenters. The molecule has 0 bridgehead atoms. The van der Waals surface area contributed by atoms with E-state index < -0.39 is 0 Å². The zero-order valence-corrected chi connectivity index (χ0v) is 11.0. The molecule has 0 saturated carbocycles. The van der Waals surface area contributed by atoms with Crippen LogP contribution in [0.15, 0.2) is 24.3 Å². The smallest absolute Gasteiger partial charge is 0.228 e. The topological polar surface area (TPSA) is 37.8 Å². The molecule has 0 amide bonds. The van der Waals surface area contributed by atoms with Crippen LogP contribution in [0.5, 0.6) is 0 Å². The Morgan fingerprint density at radius 3 is 2.84 bits per heavy atom. The lowest BCUT2D eigenvalue weighted by molar-refractivity contribution is 0.628. The van der Waals surface area contributed by atoms with Crippen molar-refractivity contribution in [2.45, 2.75) is 25.7 Å². The molecule has 1 aliphatic rings. The monoisotopic (exact) mass is 277 g/mol. The molecule has 1 heterocycles. The van der Waals surface area contributed by atoms with Crippen molar-refractivity contribution in [1.29, 1.82) is 0 Å². The average molecular weight is 278 g/mol. The van der Waals surface area contributed by atoms with Gasteiger partial charge in [-0.3, -0.25) is 0 Å². The highest BCUT2D eigenvalue weighted by atomic mass is 35.5. The number of halogens is 2. The predicted octanol–water partition coefficient (Wildman–Crippen LogP) is 3.89. The summed E-state index contributed by atoms with van der Waals surface area (Å²) >= 11 is 6.18. The second-order valence-electron chi connectivity index (χ2n) is 4.61. The number of anilines is 2. The number of hydrogen-bond acceptors (Lipinski definition) is 3. The number of aromatic nitrogens is 2. The average Bonchev–Trinajstić information content (AvgIpc) is 2.39. The Hall–Kier alpha value is -1.68. The van der Waals surface area contributed by atoms with Gasteiger partial charge in [0, 0.05) is 11.3 Å². The highest BCUT2D eigenvalue weighted by molar-refractivity contribution is 6.30. The van der Waals surface area contributed by atoms with Gasteiger partial charge in [0.25, 0.3) is 0 Å². The number of hydrogen-bond donors (Lipinski definition) is 1. The zero-order chi connectivity index (χ0) is 13.2. The second-order valence-corrected chi connectivity index (χ2v) is 4.96. The first-order chi connectivity index (χ1) is 9.22. The number of benzene rings is 1. The van der Waals surface area contributed by atoms with Crippen molar-refractivity contribution < 1.29 is 4.39 Å². The minimum atomic E-state index is -0.297. The van der Waals surface area contributed by atoms with Gasteiger partial charge in [-0.05, 0) is 43.9 Å². The summed E-state index contributed by atoms with van der Waals surface area (Å²) in [4.78, 5) is 8.70. The molecule has 1 aliphatic carbocycles. The fraction of sp³-hybridized carbons (Fsp3) is 0.286. The molecule has 0 spiro atoms. The van der Waals surface area contributed by atoms with Crippen LogP contribution in [-0.4, -0.2) is 9.97 Å². The zero-order valence-electron chi connectivity index (χ0n) is 10.3. The van der Waals surface area contributed by atoms with Gasteiger partial charge in [0.15, 0.2) is 0 Å². The first-order valence-electron chi connectivity index (χ1n) is 6.30. The third-order valence-electron chi connectivity index (χ3n) is 3.21. The van der Waals surface area contributed by atoms with Crippen LogP contribution in [0.3, 0.4) is 0 Å². The highest BCUT2D eigenvalue weighted by Gasteiger charge is 2.16. The summed E-state index contributed by atoms with van der Waals surface area (Å²) in [5, 5.41) is 3.49. The third kappa shape index (κ3) is 2.68. The molecule has 0 saturated heterocycles. The Morgan fingerprint density at radius 2 is 2.00 bits per heavy atom. The maximum atomic E-state index is 13.1. The summed E-state index contributed by atoms with van der Waals surface area (Å²) in [5.41, 5.74) is 2.68. The molecule has 0 fully saturated rings. The van der Waals surface area contributed by atoms with Crippen LogP contribution in [0.4, 0.5) is 16.0 Å². The van der Waals surface area contributed by atoms with Crippen molar-refractivity contribution in [3.8, 4) is 0 Å². The van der Waals surface area contributed by atoms with Gasteiger partial charge < -0.3 is 5.32 Å². The molecule has 1 aromatic heterocycles. The Balaban J connectivity index is 1.91. The third-order valence-corrected chi connectivity index (χ3v) is 3.53. The standard InChI is InChI=1S/C14H13ClFN3/c15-13-11-6-1-2-7-12(11)18-14(19-13)17-10-5-3-4-9(16)8-10/h3-5,8H,1-2,6-7H2,(H,17,18,19). The predicted molar refractivity (Wildman–Crippen MR) is 73.4 cm³/mol. The van der Waals surface area contributed by atoms with Gasteiger partial charge in [-0.2, -0.15) is 0 Å². The lowest BCUT2D eigenvalue weighted by Gasteiger charge is -2.16. The number of fused-ring (bicyclic) bond motifs is 1. The van der Waals surface area contributed by atoms with Crippen LogP contribution in [0.25, 0.3) is 0 Å². The van der Waals surface area contributed by atoms with Gasteiger partial charge >= 0.3 is 0 Å². The molecule has 3 rings (SSSR count). The number of rotatable bonds is 2. The minimum absolute atomic E-state index is 0.297. The van der Waals surface area contributed by atoms with Crippen molar-refractivity contribution in [3.63, 3.8) is 0 Å². The van der Waals surface area contributed by atoms with Crippen LogP contribution in [0, 0.1) is 5.82 Å². The summed E-state index contributed by atoms with van der Waals surface area (Å²) in [5.74, 6) is 0.130. The van der Waals surface area contributed by atoms with E-state index in [1.165, 1.54) is 12.1 Å². The van der Waals surface area contributed by atoms with Crippen LogP contribution in [-0.2, 0) is 12.8 Å². The summed E-state index contributed by atoms with van der Waals surface area (Å²) < 4.78 is 13.1. The van der Waals surface area contributed by atoms with Crippen molar-refractivity contribution >= 4 is 23.2 Å². The summed E-state index contributed by atoms with van der Waals surface area (Å²) in [6, 6.07) is 6.19. The largest absolute Gasteiger partial charge is 0.324 e. The van der Waals surface area contributed by atoms with Gasteiger partial charge in [0.2, 0.25) is 5.95 Å². The van der Waals surface area contributed by atoms with E-state index in [9.17, 15) is 4.39 Å².